The normalized spacial score (nSPS) is 12.0. The average Bonchev–Trinajstić information content (AvgIpc) is 3.52. The van der Waals surface area contributed by atoms with Gasteiger partial charge >= 0.3 is 0 Å². The van der Waals surface area contributed by atoms with Crippen molar-refractivity contribution in [1.82, 2.24) is 0 Å². The third-order valence-electron chi connectivity index (χ3n) is 10.2. The van der Waals surface area contributed by atoms with E-state index in [9.17, 15) is 0 Å². The first-order valence-electron chi connectivity index (χ1n) is 16.5. The summed E-state index contributed by atoms with van der Waals surface area (Å²) < 4.78 is 6.36. The molecule has 0 aliphatic heterocycles. The third-order valence-corrected chi connectivity index (χ3v) is 10.2. The minimum atomic E-state index is 0.917. The van der Waals surface area contributed by atoms with Crippen molar-refractivity contribution < 1.29 is 4.42 Å². The Balaban J connectivity index is 1.34. The summed E-state index contributed by atoms with van der Waals surface area (Å²) in [5.41, 5.74) is 8.26. The molecule has 47 heavy (non-hydrogen) atoms. The number of furan rings is 1. The fourth-order valence-electron chi connectivity index (χ4n) is 8.29. The van der Waals surface area contributed by atoms with Crippen LogP contribution in [-0.4, -0.2) is 0 Å². The van der Waals surface area contributed by atoms with Crippen molar-refractivity contribution in [3.63, 3.8) is 0 Å². The molecule has 0 atom stereocenters. The monoisotopic (exact) mass is 598 g/mol. The molecule has 0 amide bonds. The number of hydrogen-bond donors (Lipinski definition) is 0. The summed E-state index contributed by atoms with van der Waals surface area (Å²) >= 11 is 0. The van der Waals surface area contributed by atoms with E-state index in [0.29, 0.717) is 0 Å². The van der Waals surface area contributed by atoms with Crippen LogP contribution in [0.2, 0.25) is 0 Å². The minimum Gasteiger partial charge on any atom is -0.456 e. The number of para-hydroxylation sites is 1. The summed E-state index contributed by atoms with van der Waals surface area (Å²) in [4.78, 5) is 0. The Bertz CT molecular complexity index is 2830. The SMILES string of the molecule is CCc1c2ccccc2cc2c1ccc1c(-c3c4ccccc4c(-c4cccc5oc6ccccc6c45)c4ccccc34)cccc12. The molecule has 0 radical (unpaired) electrons. The molecule has 0 spiro atoms. The Morgan fingerprint density at radius 2 is 0.915 bits per heavy atom. The number of fused-ring (bicyclic) bond motifs is 9. The number of rotatable bonds is 3. The molecular formula is C46H30O. The van der Waals surface area contributed by atoms with Crippen molar-refractivity contribution in [2.45, 2.75) is 13.3 Å². The van der Waals surface area contributed by atoms with Gasteiger partial charge in [0.15, 0.2) is 0 Å². The second-order valence-corrected chi connectivity index (χ2v) is 12.6. The second kappa shape index (κ2) is 10.0. The predicted molar refractivity (Wildman–Crippen MR) is 201 cm³/mol. The van der Waals surface area contributed by atoms with Gasteiger partial charge in [0, 0.05) is 10.8 Å². The molecule has 10 aromatic rings. The summed E-state index contributed by atoms with van der Waals surface area (Å²) in [5, 5.41) is 15.2. The predicted octanol–water partition coefficient (Wildman–Crippen LogP) is 13.2. The lowest BCUT2D eigenvalue weighted by atomic mass is 9.83. The number of hydrogen-bond acceptors (Lipinski definition) is 1. The zero-order valence-corrected chi connectivity index (χ0v) is 26.0. The van der Waals surface area contributed by atoms with Crippen LogP contribution in [0.3, 0.4) is 0 Å². The van der Waals surface area contributed by atoms with Gasteiger partial charge in [-0.2, -0.15) is 0 Å². The molecule has 1 aromatic heterocycles. The van der Waals surface area contributed by atoms with Crippen LogP contribution in [0, 0.1) is 0 Å². The summed E-state index contributed by atoms with van der Waals surface area (Å²) in [5.74, 6) is 0. The zero-order valence-electron chi connectivity index (χ0n) is 26.0. The molecule has 1 nitrogen and oxygen atoms in total. The quantitative estimate of drug-likeness (QED) is 0.146. The van der Waals surface area contributed by atoms with Gasteiger partial charge in [-0.25, -0.2) is 0 Å². The van der Waals surface area contributed by atoms with E-state index in [0.717, 1.165) is 23.0 Å². The first-order valence-corrected chi connectivity index (χ1v) is 16.5. The van der Waals surface area contributed by atoms with Gasteiger partial charge in [0.05, 0.1) is 0 Å². The van der Waals surface area contributed by atoms with Gasteiger partial charge in [-0.1, -0.05) is 140 Å². The first-order chi connectivity index (χ1) is 23.3. The van der Waals surface area contributed by atoms with Gasteiger partial charge in [-0.05, 0) is 106 Å². The molecular weight excluding hydrogens is 569 g/mol. The lowest BCUT2D eigenvalue weighted by Crippen LogP contribution is -1.93. The molecule has 220 valence electrons. The Morgan fingerprint density at radius 3 is 1.64 bits per heavy atom. The van der Waals surface area contributed by atoms with Crippen molar-refractivity contribution in [2.75, 3.05) is 0 Å². The van der Waals surface area contributed by atoms with E-state index in [4.69, 9.17) is 4.42 Å². The van der Waals surface area contributed by atoms with Crippen molar-refractivity contribution in [3.05, 3.63) is 157 Å². The molecule has 0 aliphatic rings. The van der Waals surface area contributed by atoms with Crippen LogP contribution in [0.1, 0.15) is 12.5 Å². The van der Waals surface area contributed by atoms with E-state index >= 15 is 0 Å². The fraction of sp³-hybridized carbons (Fsp3) is 0.0435. The van der Waals surface area contributed by atoms with Gasteiger partial charge in [-0.15, -0.1) is 0 Å². The molecule has 9 aromatic carbocycles. The summed E-state index contributed by atoms with van der Waals surface area (Å²) in [6.07, 6.45) is 0.999. The summed E-state index contributed by atoms with van der Waals surface area (Å²) in [6.45, 7) is 2.27. The van der Waals surface area contributed by atoms with Gasteiger partial charge in [-0.3, -0.25) is 0 Å². The highest BCUT2D eigenvalue weighted by atomic mass is 16.3. The molecule has 0 saturated carbocycles. The Labute approximate surface area is 272 Å². The molecule has 0 bridgehead atoms. The number of benzene rings is 9. The van der Waals surface area contributed by atoms with Crippen molar-refractivity contribution >= 4 is 75.8 Å². The van der Waals surface area contributed by atoms with Crippen LogP contribution in [0.5, 0.6) is 0 Å². The molecule has 0 unspecified atom stereocenters. The third kappa shape index (κ3) is 3.71. The molecule has 0 saturated heterocycles. The standard InChI is InChI=1S/C46H30O/c1-2-29-30-14-4-3-13-28(30)27-41-31-20-11-21-34(33(31)26-25-32(29)41)44-35-15-5-7-17-37(35)45(38-18-8-6-16-36(38)44)40-22-12-24-43-46(40)39-19-9-10-23-42(39)47-43/h3-27H,2H2,1H3. The number of aryl methyl sites for hydroxylation is 1. The molecule has 0 aliphatic carbocycles. The van der Waals surface area contributed by atoms with Gasteiger partial charge in [0.25, 0.3) is 0 Å². The zero-order chi connectivity index (χ0) is 31.1. The van der Waals surface area contributed by atoms with E-state index in [1.807, 2.05) is 6.07 Å². The van der Waals surface area contributed by atoms with Crippen LogP contribution in [-0.2, 0) is 6.42 Å². The summed E-state index contributed by atoms with van der Waals surface area (Å²) in [7, 11) is 0. The van der Waals surface area contributed by atoms with Gasteiger partial charge < -0.3 is 4.42 Å². The Kier molecular flexibility index (Phi) is 5.62. The highest BCUT2D eigenvalue weighted by Gasteiger charge is 2.21. The van der Waals surface area contributed by atoms with Crippen molar-refractivity contribution in [2.24, 2.45) is 0 Å². The molecule has 10 rings (SSSR count). The van der Waals surface area contributed by atoms with E-state index in [1.165, 1.54) is 87.1 Å². The van der Waals surface area contributed by atoms with E-state index in [1.54, 1.807) is 0 Å². The van der Waals surface area contributed by atoms with E-state index in [2.05, 4.69) is 153 Å². The highest BCUT2D eigenvalue weighted by Crippen LogP contribution is 2.48. The minimum absolute atomic E-state index is 0.917. The second-order valence-electron chi connectivity index (χ2n) is 12.6. The maximum Gasteiger partial charge on any atom is 0.136 e. The lowest BCUT2D eigenvalue weighted by Gasteiger charge is -2.20. The highest BCUT2D eigenvalue weighted by molar-refractivity contribution is 6.28. The first kappa shape index (κ1) is 26.3. The Hall–Kier alpha value is -5.92. The van der Waals surface area contributed by atoms with Crippen molar-refractivity contribution in [1.29, 1.82) is 0 Å². The van der Waals surface area contributed by atoms with Crippen LogP contribution < -0.4 is 0 Å². The largest absolute Gasteiger partial charge is 0.456 e. The Morgan fingerprint density at radius 1 is 0.383 bits per heavy atom. The summed E-state index contributed by atoms with van der Waals surface area (Å²) in [6, 6.07) is 55.5. The van der Waals surface area contributed by atoms with Crippen LogP contribution in [0.15, 0.2) is 156 Å². The van der Waals surface area contributed by atoms with Crippen LogP contribution in [0.25, 0.3) is 98.1 Å². The van der Waals surface area contributed by atoms with Crippen molar-refractivity contribution in [3.8, 4) is 22.3 Å². The van der Waals surface area contributed by atoms with Gasteiger partial charge in [0.2, 0.25) is 0 Å². The molecule has 1 heteroatoms. The van der Waals surface area contributed by atoms with Gasteiger partial charge in [0.1, 0.15) is 11.2 Å². The molecule has 1 heterocycles. The van der Waals surface area contributed by atoms with E-state index < -0.39 is 0 Å². The maximum atomic E-state index is 6.36. The molecule has 0 N–H and O–H groups in total. The smallest absolute Gasteiger partial charge is 0.136 e. The van der Waals surface area contributed by atoms with Crippen LogP contribution in [0.4, 0.5) is 0 Å². The van der Waals surface area contributed by atoms with E-state index in [-0.39, 0.29) is 0 Å². The fourth-order valence-corrected chi connectivity index (χ4v) is 8.29. The maximum absolute atomic E-state index is 6.36. The van der Waals surface area contributed by atoms with Crippen LogP contribution >= 0.6 is 0 Å². The topological polar surface area (TPSA) is 13.1 Å². The molecule has 0 fully saturated rings. The lowest BCUT2D eigenvalue weighted by molar-refractivity contribution is 0.669. The average molecular weight is 599 g/mol.